The Morgan fingerprint density at radius 1 is 1.16 bits per heavy atom. The number of ether oxygens (including phenoxy) is 2. The number of aryl methyl sites for hydroxylation is 1. The second-order valence-electron chi connectivity index (χ2n) is 6.22. The van der Waals surface area contributed by atoms with Crippen molar-refractivity contribution in [1.82, 2.24) is 9.21 Å². The Labute approximate surface area is 152 Å². The number of thiophene rings is 1. The molecule has 1 amide bonds. The molecular weight excluding hydrogens is 364 g/mol. The number of amides is 1. The quantitative estimate of drug-likeness (QED) is 0.726. The van der Waals surface area contributed by atoms with Gasteiger partial charge in [0.15, 0.2) is 0 Å². The van der Waals surface area contributed by atoms with Gasteiger partial charge in [-0.1, -0.05) is 0 Å². The molecule has 0 atom stereocenters. The highest BCUT2D eigenvalue weighted by Gasteiger charge is 2.33. The molecule has 2 heterocycles. The van der Waals surface area contributed by atoms with Crippen molar-refractivity contribution in [2.45, 2.75) is 19.3 Å². The van der Waals surface area contributed by atoms with E-state index in [1.807, 2.05) is 0 Å². The van der Waals surface area contributed by atoms with Gasteiger partial charge in [0.05, 0.1) is 19.5 Å². The molecule has 3 rings (SSSR count). The van der Waals surface area contributed by atoms with E-state index in [9.17, 15) is 13.2 Å². The zero-order valence-electron chi connectivity index (χ0n) is 14.6. The number of sulfonamides is 1. The van der Waals surface area contributed by atoms with Crippen molar-refractivity contribution in [2.75, 3.05) is 52.8 Å². The monoisotopic (exact) mass is 388 g/mol. The molecule has 1 aromatic heterocycles. The van der Waals surface area contributed by atoms with E-state index < -0.39 is 10.0 Å². The second kappa shape index (κ2) is 7.61. The van der Waals surface area contributed by atoms with Crippen LogP contribution in [0.5, 0.6) is 5.75 Å². The predicted octanol–water partition coefficient (Wildman–Crippen LogP) is 0.979. The SMILES string of the molecule is COCCS(=O)(=O)N1CCN(C(=O)c2sc3c(c2OC)CCC3)CC1. The van der Waals surface area contributed by atoms with Crippen molar-refractivity contribution < 1.29 is 22.7 Å². The van der Waals surface area contributed by atoms with Crippen molar-refractivity contribution in [3.8, 4) is 5.75 Å². The van der Waals surface area contributed by atoms with E-state index in [0.29, 0.717) is 31.1 Å². The number of hydrogen-bond acceptors (Lipinski definition) is 6. The van der Waals surface area contributed by atoms with Gasteiger partial charge in [0.1, 0.15) is 10.6 Å². The smallest absolute Gasteiger partial charge is 0.267 e. The molecule has 0 radical (unpaired) electrons. The molecule has 1 fully saturated rings. The highest BCUT2D eigenvalue weighted by Crippen LogP contribution is 2.41. The van der Waals surface area contributed by atoms with E-state index >= 15 is 0 Å². The molecule has 1 aliphatic carbocycles. The fraction of sp³-hybridized carbons (Fsp3) is 0.688. The first-order valence-electron chi connectivity index (χ1n) is 8.42. The van der Waals surface area contributed by atoms with Gasteiger partial charge in [0, 0.05) is 43.7 Å². The Hall–Kier alpha value is -1.16. The van der Waals surface area contributed by atoms with Crippen LogP contribution in [-0.2, 0) is 27.6 Å². The molecule has 1 saturated heterocycles. The van der Waals surface area contributed by atoms with Gasteiger partial charge in [-0.25, -0.2) is 8.42 Å². The molecule has 2 aliphatic rings. The Morgan fingerprint density at radius 2 is 1.88 bits per heavy atom. The lowest BCUT2D eigenvalue weighted by Gasteiger charge is -2.33. The molecule has 25 heavy (non-hydrogen) atoms. The van der Waals surface area contributed by atoms with Crippen LogP contribution in [0.25, 0.3) is 0 Å². The van der Waals surface area contributed by atoms with Crippen LogP contribution in [0.1, 0.15) is 26.5 Å². The maximum Gasteiger partial charge on any atom is 0.267 e. The maximum absolute atomic E-state index is 12.9. The summed E-state index contributed by atoms with van der Waals surface area (Å²) in [6, 6.07) is 0. The Kier molecular flexibility index (Phi) is 5.67. The summed E-state index contributed by atoms with van der Waals surface area (Å²) in [5, 5.41) is 0. The largest absolute Gasteiger partial charge is 0.495 e. The van der Waals surface area contributed by atoms with Crippen molar-refractivity contribution in [1.29, 1.82) is 0 Å². The lowest BCUT2D eigenvalue weighted by Crippen LogP contribution is -2.51. The molecule has 0 spiro atoms. The lowest BCUT2D eigenvalue weighted by molar-refractivity contribution is 0.0699. The first-order chi connectivity index (χ1) is 12.0. The number of nitrogens with zero attached hydrogens (tertiary/aromatic N) is 2. The molecule has 140 valence electrons. The van der Waals surface area contributed by atoms with Crippen molar-refractivity contribution in [3.63, 3.8) is 0 Å². The normalized spacial score (nSPS) is 18.4. The van der Waals surface area contributed by atoms with E-state index in [2.05, 4.69) is 0 Å². The fourth-order valence-corrected chi connectivity index (χ4v) is 6.04. The molecule has 7 nitrogen and oxygen atoms in total. The highest BCUT2D eigenvalue weighted by atomic mass is 32.2. The van der Waals surface area contributed by atoms with Gasteiger partial charge in [-0.3, -0.25) is 4.79 Å². The van der Waals surface area contributed by atoms with Crippen LogP contribution in [0.4, 0.5) is 0 Å². The molecule has 0 N–H and O–H groups in total. The lowest BCUT2D eigenvalue weighted by atomic mass is 10.2. The average molecular weight is 389 g/mol. The van der Waals surface area contributed by atoms with Gasteiger partial charge in [-0.2, -0.15) is 4.31 Å². The predicted molar refractivity (Wildman–Crippen MR) is 96.0 cm³/mol. The van der Waals surface area contributed by atoms with Crippen LogP contribution in [0.3, 0.4) is 0 Å². The minimum absolute atomic E-state index is 0.0249. The Morgan fingerprint density at radius 3 is 2.52 bits per heavy atom. The third kappa shape index (κ3) is 3.69. The standard InChI is InChI=1S/C16H24N2O5S2/c1-22-10-11-25(20,21)18-8-6-17(7-9-18)16(19)15-14(23-2)12-4-3-5-13(12)24-15/h3-11H2,1-2H3. The number of hydrogen-bond donors (Lipinski definition) is 0. The number of carbonyl (C=O) groups excluding carboxylic acids is 1. The summed E-state index contributed by atoms with van der Waals surface area (Å²) in [5.74, 6) is 0.644. The summed E-state index contributed by atoms with van der Waals surface area (Å²) in [5.41, 5.74) is 1.18. The summed E-state index contributed by atoms with van der Waals surface area (Å²) in [7, 11) is -0.228. The van der Waals surface area contributed by atoms with Crippen LogP contribution < -0.4 is 4.74 Å². The first kappa shape index (κ1) is 18.6. The molecule has 9 heteroatoms. The van der Waals surface area contributed by atoms with Crippen LogP contribution in [0.2, 0.25) is 0 Å². The molecule has 0 saturated carbocycles. The van der Waals surface area contributed by atoms with Crippen molar-refractivity contribution in [3.05, 3.63) is 15.3 Å². The van der Waals surface area contributed by atoms with E-state index in [0.717, 1.165) is 25.0 Å². The van der Waals surface area contributed by atoms with Crippen LogP contribution in [-0.4, -0.2) is 76.3 Å². The zero-order chi connectivity index (χ0) is 18.0. The minimum Gasteiger partial charge on any atom is -0.495 e. The van der Waals surface area contributed by atoms with E-state index in [1.165, 1.54) is 33.2 Å². The van der Waals surface area contributed by atoms with Crippen molar-refractivity contribution >= 4 is 27.3 Å². The van der Waals surface area contributed by atoms with Crippen LogP contribution in [0, 0.1) is 0 Å². The van der Waals surface area contributed by atoms with Gasteiger partial charge in [-0.05, 0) is 19.3 Å². The van der Waals surface area contributed by atoms with Crippen LogP contribution in [0.15, 0.2) is 0 Å². The third-order valence-corrected chi connectivity index (χ3v) is 7.83. The van der Waals surface area contributed by atoms with Gasteiger partial charge in [0.2, 0.25) is 10.0 Å². The topological polar surface area (TPSA) is 76.2 Å². The zero-order valence-corrected chi connectivity index (χ0v) is 16.2. The first-order valence-corrected chi connectivity index (χ1v) is 10.8. The summed E-state index contributed by atoms with van der Waals surface area (Å²) in [6.07, 6.45) is 3.09. The molecule has 1 aromatic rings. The number of rotatable bonds is 6. The minimum atomic E-state index is -3.32. The summed E-state index contributed by atoms with van der Waals surface area (Å²) >= 11 is 1.53. The van der Waals surface area contributed by atoms with Gasteiger partial charge < -0.3 is 14.4 Å². The highest BCUT2D eigenvalue weighted by molar-refractivity contribution is 7.89. The Balaban J connectivity index is 1.67. The number of piperazine rings is 1. The van der Waals surface area contributed by atoms with Crippen molar-refractivity contribution in [2.24, 2.45) is 0 Å². The van der Waals surface area contributed by atoms with Gasteiger partial charge >= 0.3 is 0 Å². The molecule has 0 aromatic carbocycles. The molecule has 0 unspecified atom stereocenters. The van der Waals surface area contributed by atoms with Gasteiger partial charge in [-0.15, -0.1) is 11.3 Å². The maximum atomic E-state index is 12.9. The summed E-state index contributed by atoms with van der Waals surface area (Å²) < 4.78 is 36.2. The summed E-state index contributed by atoms with van der Waals surface area (Å²) in [4.78, 5) is 16.5. The van der Waals surface area contributed by atoms with Gasteiger partial charge in [0.25, 0.3) is 5.91 Å². The summed E-state index contributed by atoms with van der Waals surface area (Å²) in [6.45, 7) is 1.63. The molecule has 0 bridgehead atoms. The van der Waals surface area contributed by atoms with E-state index in [-0.39, 0.29) is 18.3 Å². The number of carbonyl (C=O) groups is 1. The molecular formula is C16H24N2O5S2. The third-order valence-electron chi connectivity index (χ3n) is 4.74. The molecule has 1 aliphatic heterocycles. The second-order valence-corrected chi connectivity index (χ2v) is 9.41. The fourth-order valence-electron chi connectivity index (χ4n) is 3.36. The number of fused-ring (bicyclic) bond motifs is 1. The number of methoxy groups -OCH3 is 2. The van der Waals surface area contributed by atoms with E-state index in [4.69, 9.17) is 9.47 Å². The Bertz CT molecular complexity index is 736. The van der Waals surface area contributed by atoms with Crippen LogP contribution >= 0.6 is 11.3 Å². The van der Waals surface area contributed by atoms with E-state index in [1.54, 1.807) is 12.0 Å². The average Bonchev–Trinajstić information content (AvgIpc) is 3.20.